The molecule has 6 heteroatoms. The lowest BCUT2D eigenvalue weighted by molar-refractivity contribution is -0.138. The molecule has 0 aromatic carbocycles. The number of nitrogens with zero attached hydrogens (tertiary/aromatic N) is 1. The number of hydrogen-bond donors (Lipinski definition) is 2. The number of carbonyl (C=O) groups excluding carboxylic acids is 1. The third-order valence-electron chi connectivity index (χ3n) is 3.19. The second-order valence-electron chi connectivity index (χ2n) is 4.59. The van der Waals surface area contributed by atoms with Crippen LogP contribution in [0.2, 0.25) is 0 Å². The van der Waals surface area contributed by atoms with Crippen LogP contribution in [-0.4, -0.2) is 61.8 Å². The van der Waals surface area contributed by atoms with Gasteiger partial charge < -0.3 is 20.1 Å². The minimum atomic E-state index is -0.749. The van der Waals surface area contributed by atoms with E-state index >= 15 is 0 Å². The molecule has 18 heavy (non-hydrogen) atoms. The molecule has 0 aromatic heterocycles. The Morgan fingerprint density at radius 3 is 2.61 bits per heavy atom. The highest BCUT2D eigenvalue weighted by atomic mass is 16.5. The summed E-state index contributed by atoms with van der Waals surface area (Å²) in [6.45, 7) is 2.92. The molecular weight excluding hydrogens is 236 g/mol. The van der Waals surface area contributed by atoms with Gasteiger partial charge in [0.25, 0.3) is 0 Å². The second kappa shape index (κ2) is 8.05. The third kappa shape index (κ3) is 5.46. The van der Waals surface area contributed by atoms with E-state index in [1.807, 2.05) is 0 Å². The molecule has 1 fully saturated rings. The maximum absolute atomic E-state index is 11.8. The quantitative estimate of drug-likeness (QED) is 0.625. The van der Waals surface area contributed by atoms with Crippen LogP contribution >= 0.6 is 0 Å². The van der Waals surface area contributed by atoms with Crippen LogP contribution in [0.5, 0.6) is 0 Å². The van der Waals surface area contributed by atoms with Crippen molar-refractivity contribution in [1.29, 1.82) is 0 Å². The SMILES string of the molecule is COCCNCC(=O)N1CCC(CC(=O)O)CC1. The molecule has 1 amide bonds. The molecule has 0 aromatic rings. The van der Waals surface area contributed by atoms with Crippen molar-refractivity contribution in [1.82, 2.24) is 10.2 Å². The average Bonchev–Trinajstić information content (AvgIpc) is 2.34. The Morgan fingerprint density at radius 2 is 2.06 bits per heavy atom. The summed E-state index contributed by atoms with van der Waals surface area (Å²) in [6, 6.07) is 0. The summed E-state index contributed by atoms with van der Waals surface area (Å²) in [5.41, 5.74) is 0. The highest BCUT2D eigenvalue weighted by Gasteiger charge is 2.23. The zero-order chi connectivity index (χ0) is 13.4. The lowest BCUT2D eigenvalue weighted by atomic mass is 9.93. The van der Waals surface area contributed by atoms with Gasteiger partial charge in [-0.05, 0) is 18.8 Å². The van der Waals surface area contributed by atoms with E-state index in [-0.39, 0.29) is 18.2 Å². The van der Waals surface area contributed by atoms with E-state index in [9.17, 15) is 9.59 Å². The van der Waals surface area contributed by atoms with Crippen LogP contribution in [0.25, 0.3) is 0 Å². The predicted octanol–water partition coefficient (Wildman–Crippen LogP) is -0.0643. The van der Waals surface area contributed by atoms with Crippen LogP contribution in [-0.2, 0) is 14.3 Å². The van der Waals surface area contributed by atoms with Gasteiger partial charge >= 0.3 is 5.97 Å². The molecule has 6 nitrogen and oxygen atoms in total. The molecule has 1 saturated heterocycles. The fourth-order valence-electron chi connectivity index (χ4n) is 2.11. The van der Waals surface area contributed by atoms with Gasteiger partial charge in [0, 0.05) is 33.2 Å². The Balaban J connectivity index is 2.17. The molecule has 0 atom stereocenters. The number of carbonyl (C=O) groups is 2. The number of hydrogen-bond acceptors (Lipinski definition) is 4. The fraction of sp³-hybridized carbons (Fsp3) is 0.833. The van der Waals surface area contributed by atoms with Gasteiger partial charge in [-0.1, -0.05) is 0 Å². The average molecular weight is 258 g/mol. The van der Waals surface area contributed by atoms with E-state index < -0.39 is 5.97 Å². The predicted molar refractivity (Wildman–Crippen MR) is 66.3 cm³/mol. The summed E-state index contributed by atoms with van der Waals surface area (Å²) in [4.78, 5) is 24.2. The van der Waals surface area contributed by atoms with Crippen molar-refractivity contribution >= 4 is 11.9 Å². The van der Waals surface area contributed by atoms with Gasteiger partial charge in [-0.25, -0.2) is 0 Å². The minimum absolute atomic E-state index is 0.0832. The molecule has 1 heterocycles. The minimum Gasteiger partial charge on any atom is -0.481 e. The first-order valence-electron chi connectivity index (χ1n) is 6.32. The molecule has 0 aliphatic carbocycles. The molecule has 0 radical (unpaired) electrons. The van der Waals surface area contributed by atoms with E-state index in [0.717, 1.165) is 12.8 Å². The molecule has 1 aliphatic rings. The van der Waals surface area contributed by atoms with Crippen molar-refractivity contribution in [2.24, 2.45) is 5.92 Å². The van der Waals surface area contributed by atoms with E-state index in [1.54, 1.807) is 12.0 Å². The molecule has 1 aliphatic heterocycles. The topological polar surface area (TPSA) is 78.9 Å². The number of carboxylic acid groups (broad SMARTS) is 1. The van der Waals surface area contributed by atoms with Crippen molar-refractivity contribution < 1.29 is 19.4 Å². The van der Waals surface area contributed by atoms with E-state index in [1.165, 1.54) is 0 Å². The Hall–Kier alpha value is -1.14. The lowest BCUT2D eigenvalue weighted by Gasteiger charge is -2.31. The van der Waals surface area contributed by atoms with Crippen LogP contribution in [0.1, 0.15) is 19.3 Å². The van der Waals surface area contributed by atoms with Gasteiger partial charge in [0.1, 0.15) is 0 Å². The summed E-state index contributed by atoms with van der Waals surface area (Å²) < 4.78 is 4.88. The fourth-order valence-corrected chi connectivity index (χ4v) is 2.11. The molecule has 104 valence electrons. The summed E-state index contributed by atoms with van der Waals surface area (Å²) in [5, 5.41) is 11.7. The van der Waals surface area contributed by atoms with E-state index in [0.29, 0.717) is 32.8 Å². The number of amides is 1. The van der Waals surface area contributed by atoms with Gasteiger partial charge in [0.2, 0.25) is 5.91 Å². The maximum atomic E-state index is 11.8. The Labute approximate surface area is 107 Å². The third-order valence-corrected chi connectivity index (χ3v) is 3.19. The Morgan fingerprint density at radius 1 is 1.39 bits per heavy atom. The van der Waals surface area contributed by atoms with Crippen LogP contribution in [0.15, 0.2) is 0 Å². The monoisotopic (exact) mass is 258 g/mol. The van der Waals surface area contributed by atoms with Crippen molar-refractivity contribution in [3.05, 3.63) is 0 Å². The molecular formula is C12H22N2O4. The first-order valence-corrected chi connectivity index (χ1v) is 6.32. The number of aliphatic carboxylic acids is 1. The standard InChI is InChI=1S/C12H22N2O4/c1-18-7-4-13-9-11(15)14-5-2-10(3-6-14)8-12(16)17/h10,13H,2-9H2,1H3,(H,16,17). The summed E-state index contributed by atoms with van der Waals surface area (Å²) in [5.74, 6) is -0.450. The van der Waals surface area contributed by atoms with Crippen LogP contribution < -0.4 is 5.32 Å². The van der Waals surface area contributed by atoms with E-state index in [4.69, 9.17) is 9.84 Å². The van der Waals surface area contributed by atoms with Crippen molar-refractivity contribution in [3.63, 3.8) is 0 Å². The lowest BCUT2D eigenvalue weighted by Crippen LogP contribution is -2.43. The zero-order valence-electron chi connectivity index (χ0n) is 10.9. The molecule has 0 bridgehead atoms. The number of ether oxygens (including phenoxy) is 1. The maximum Gasteiger partial charge on any atom is 0.303 e. The van der Waals surface area contributed by atoms with Gasteiger partial charge in [0.15, 0.2) is 0 Å². The number of carboxylic acids is 1. The van der Waals surface area contributed by atoms with Gasteiger partial charge in [-0.3, -0.25) is 9.59 Å². The largest absolute Gasteiger partial charge is 0.481 e. The van der Waals surface area contributed by atoms with Gasteiger partial charge in [-0.2, -0.15) is 0 Å². The van der Waals surface area contributed by atoms with Crippen molar-refractivity contribution in [2.75, 3.05) is 39.9 Å². The van der Waals surface area contributed by atoms with Gasteiger partial charge in [-0.15, -0.1) is 0 Å². The van der Waals surface area contributed by atoms with E-state index in [2.05, 4.69) is 5.32 Å². The van der Waals surface area contributed by atoms with Crippen molar-refractivity contribution in [2.45, 2.75) is 19.3 Å². The Kier molecular flexibility index (Phi) is 6.67. The number of methoxy groups -OCH3 is 1. The number of likely N-dealkylation sites (tertiary alicyclic amines) is 1. The smallest absolute Gasteiger partial charge is 0.303 e. The van der Waals surface area contributed by atoms with Crippen LogP contribution in [0.3, 0.4) is 0 Å². The molecule has 0 spiro atoms. The molecule has 0 saturated carbocycles. The number of piperidine rings is 1. The van der Waals surface area contributed by atoms with Crippen LogP contribution in [0, 0.1) is 5.92 Å². The first kappa shape index (κ1) is 14.9. The second-order valence-corrected chi connectivity index (χ2v) is 4.59. The highest BCUT2D eigenvalue weighted by Crippen LogP contribution is 2.20. The first-order chi connectivity index (χ1) is 8.63. The Bertz CT molecular complexity index is 275. The summed E-state index contributed by atoms with van der Waals surface area (Å²) in [7, 11) is 1.62. The molecule has 0 unspecified atom stereocenters. The normalized spacial score (nSPS) is 16.8. The summed E-state index contributed by atoms with van der Waals surface area (Å²) in [6.07, 6.45) is 1.79. The number of nitrogens with one attached hydrogen (secondary N) is 1. The number of rotatable bonds is 7. The highest BCUT2D eigenvalue weighted by molar-refractivity contribution is 5.78. The van der Waals surface area contributed by atoms with Crippen molar-refractivity contribution in [3.8, 4) is 0 Å². The van der Waals surface area contributed by atoms with Crippen LogP contribution in [0.4, 0.5) is 0 Å². The zero-order valence-corrected chi connectivity index (χ0v) is 10.9. The van der Waals surface area contributed by atoms with Gasteiger partial charge in [0.05, 0.1) is 13.2 Å². The molecule has 2 N–H and O–H groups in total. The summed E-state index contributed by atoms with van der Waals surface area (Å²) >= 11 is 0. The molecule has 1 rings (SSSR count).